The Morgan fingerprint density at radius 3 is 2.79 bits per heavy atom. The first-order valence-electron chi connectivity index (χ1n) is 6.72. The van der Waals surface area contributed by atoms with Crippen LogP contribution in [-0.2, 0) is 6.42 Å². The summed E-state index contributed by atoms with van der Waals surface area (Å²) in [5, 5.41) is 1.38. The fraction of sp³-hybridized carbons (Fsp3) is 0.235. The van der Waals surface area contributed by atoms with Gasteiger partial charge in [0.15, 0.2) is 0 Å². The van der Waals surface area contributed by atoms with Crippen molar-refractivity contribution >= 4 is 28.8 Å². The fourth-order valence-corrected chi connectivity index (χ4v) is 3.44. The van der Waals surface area contributed by atoms with Crippen molar-refractivity contribution in [2.45, 2.75) is 27.2 Å². The zero-order chi connectivity index (χ0) is 13.1. The molecule has 2 nitrogen and oxygen atoms in total. The summed E-state index contributed by atoms with van der Waals surface area (Å²) in [5.74, 6) is 0. The molecule has 1 aromatic carbocycles. The minimum atomic E-state index is 0.974. The number of benzene rings is 1. The Kier molecular flexibility index (Phi) is 1.97. The zero-order valence-corrected chi connectivity index (χ0v) is 11.5. The molecular weight excluding hydrogens is 232 g/mol. The lowest BCUT2D eigenvalue weighted by atomic mass is 9.88. The molecule has 5 bridgehead atoms. The van der Waals surface area contributed by atoms with Crippen LogP contribution in [0.15, 0.2) is 17.3 Å². The van der Waals surface area contributed by atoms with E-state index in [-0.39, 0.29) is 0 Å². The number of rotatable bonds is 0. The van der Waals surface area contributed by atoms with Gasteiger partial charge in [0.2, 0.25) is 0 Å². The normalized spacial score (nSPS) is 15.8. The number of fused-ring (bicyclic) bond motifs is 1. The van der Waals surface area contributed by atoms with E-state index in [4.69, 9.17) is 0 Å². The Morgan fingerprint density at radius 2 is 1.95 bits per heavy atom. The Hall–Kier alpha value is -2.09. The number of hydrogen-bond acceptors (Lipinski definition) is 1. The van der Waals surface area contributed by atoms with Gasteiger partial charge in [-0.2, -0.15) is 0 Å². The zero-order valence-electron chi connectivity index (χ0n) is 11.5. The maximum absolute atomic E-state index is 4.30. The van der Waals surface area contributed by atoms with Gasteiger partial charge in [-0.3, -0.25) is 4.99 Å². The lowest BCUT2D eigenvalue weighted by Crippen LogP contribution is -2.02. The lowest BCUT2D eigenvalue weighted by Gasteiger charge is -2.18. The molecule has 1 aromatic heterocycles. The highest BCUT2D eigenvalue weighted by molar-refractivity contribution is 6.04. The highest BCUT2D eigenvalue weighted by atomic mass is 14.7. The van der Waals surface area contributed by atoms with Crippen LogP contribution in [0.5, 0.6) is 0 Å². The third kappa shape index (κ3) is 1.24. The highest BCUT2D eigenvalue weighted by Gasteiger charge is 2.25. The van der Waals surface area contributed by atoms with Gasteiger partial charge in [-0.05, 0) is 66.3 Å². The van der Waals surface area contributed by atoms with Crippen LogP contribution in [0.1, 0.15) is 33.5 Å². The molecule has 4 rings (SSSR count). The summed E-state index contributed by atoms with van der Waals surface area (Å²) in [4.78, 5) is 7.93. The molecule has 1 N–H and O–H groups in total. The largest absolute Gasteiger partial charge is 0.358 e. The standard InChI is InChI=1S/C17H16N2/c1-9-10(2)17-16-11(3)14(19-17)8-12-4-6-18-7-5-13(16)15(9)12/h4-7,19H,8H2,1-3H3. The Balaban J connectivity index is 2.34. The first-order chi connectivity index (χ1) is 9.18. The summed E-state index contributed by atoms with van der Waals surface area (Å²) in [6, 6.07) is 0. The molecule has 2 aliphatic rings. The van der Waals surface area contributed by atoms with Crippen molar-refractivity contribution in [1.82, 2.24) is 4.98 Å². The maximum Gasteiger partial charge on any atom is 0.0497 e. The number of aliphatic imine (C=N–C) groups is 1. The number of H-pyrrole nitrogens is 1. The molecule has 0 saturated carbocycles. The Bertz CT molecular complexity index is 814. The molecule has 1 aliphatic carbocycles. The monoisotopic (exact) mass is 248 g/mol. The highest BCUT2D eigenvalue weighted by Crippen LogP contribution is 2.42. The third-order valence-electron chi connectivity index (χ3n) is 4.58. The second-order valence-corrected chi connectivity index (χ2v) is 5.50. The van der Waals surface area contributed by atoms with E-state index in [1.807, 2.05) is 12.4 Å². The first kappa shape index (κ1) is 10.8. The predicted octanol–water partition coefficient (Wildman–Crippen LogP) is 4.09. The van der Waals surface area contributed by atoms with E-state index in [0.29, 0.717) is 0 Å². The molecule has 0 saturated heterocycles. The van der Waals surface area contributed by atoms with Gasteiger partial charge in [0.1, 0.15) is 0 Å². The second-order valence-electron chi connectivity index (χ2n) is 5.50. The number of nitrogens with zero attached hydrogens (tertiary/aromatic N) is 1. The van der Waals surface area contributed by atoms with Crippen molar-refractivity contribution in [3.05, 3.63) is 45.8 Å². The molecule has 2 heteroatoms. The van der Waals surface area contributed by atoms with Crippen LogP contribution in [0.3, 0.4) is 0 Å². The lowest BCUT2D eigenvalue weighted by molar-refractivity contribution is 1.13. The van der Waals surface area contributed by atoms with E-state index in [0.717, 1.165) is 6.42 Å². The smallest absolute Gasteiger partial charge is 0.0497 e. The van der Waals surface area contributed by atoms with E-state index in [2.05, 4.69) is 42.9 Å². The first-order valence-corrected chi connectivity index (χ1v) is 6.72. The number of aromatic amines is 1. The summed E-state index contributed by atoms with van der Waals surface area (Å²) >= 11 is 0. The van der Waals surface area contributed by atoms with E-state index in [9.17, 15) is 0 Å². The predicted molar refractivity (Wildman–Crippen MR) is 81.7 cm³/mol. The molecule has 19 heavy (non-hydrogen) atoms. The maximum atomic E-state index is 4.30. The quantitative estimate of drug-likeness (QED) is 0.727. The molecule has 0 radical (unpaired) electrons. The molecule has 2 heterocycles. The SMILES string of the molecule is Cc1c2c3c4c(C)c([nH]c4c1C)CC2=CC=NC=C3. The van der Waals surface area contributed by atoms with Crippen LogP contribution in [0.4, 0.5) is 0 Å². The Morgan fingerprint density at radius 1 is 1.11 bits per heavy atom. The average Bonchev–Trinajstić information content (AvgIpc) is 2.60. The number of nitrogens with one attached hydrogen (secondary N) is 1. The van der Waals surface area contributed by atoms with Gasteiger partial charge in [-0.1, -0.05) is 0 Å². The van der Waals surface area contributed by atoms with E-state index in [1.54, 1.807) is 0 Å². The minimum Gasteiger partial charge on any atom is -0.358 e. The van der Waals surface area contributed by atoms with Crippen LogP contribution < -0.4 is 0 Å². The van der Waals surface area contributed by atoms with Crippen molar-refractivity contribution in [3.63, 3.8) is 0 Å². The molecular formula is C17H16N2. The number of aryl methyl sites for hydroxylation is 2. The van der Waals surface area contributed by atoms with Gasteiger partial charge < -0.3 is 4.98 Å². The van der Waals surface area contributed by atoms with Crippen LogP contribution >= 0.6 is 0 Å². The van der Waals surface area contributed by atoms with Gasteiger partial charge in [0.05, 0.1) is 0 Å². The molecule has 0 amide bonds. The second kappa shape index (κ2) is 3.47. The molecule has 0 spiro atoms. The van der Waals surface area contributed by atoms with E-state index < -0.39 is 0 Å². The molecule has 0 fully saturated rings. The summed E-state index contributed by atoms with van der Waals surface area (Å²) < 4.78 is 0. The topological polar surface area (TPSA) is 28.1 Å². The van der Waals surface area contributed by atoms with Crippen molar-refractivity contribution in [2.24, 2.45) is 4.99 Å². The van der Waals surface area contributed by atoms with Gasteiger partial charge in [0, 0.05) is 35.4 Å². The average molecular weight is 248 g/mol. The van der Waals surface area contributed by atoms with Crippen molar-refractivity contribution in [2.75, 3.05) is 0 Å². The van der Waals surface area contributed by atoms with E-state index in [1.165, 1.54) is 50.0 Å². The van der Waals surface area contributed by atoms with Crippen LogP contribution in [0.25, 0.3) is 22.6 Å². The van der Waals surface area contributed by atoms with Crippen LogP contribution in [0, 0.1) is 20.8 Å². The van der Waals surface area contributed by atoms with Gasteiger partial charge in [0.25, 0.3) is 0 Å². The van der Waals surface area contributed by atoms with Crippen molar-refractivity contribution in [3.8, 4) is 0 Å². The third-order valence-corrected chi connectivity index (χ3v) is 4.58. The summed E-state index contributed by atoms with van der Waals surface area (Å²) in [6.45, 7) is 6.68. The summed E-state index contributed by atoms with van der Waals surface area (Å²) in [7, 11) is 0. The van der Waals surface area contributed by atoms with Gasteiger partial charge >= 0.3 is 0 Å². The molecule has 0 unspecified atom stereocenters. The summed E-state index contributed by atoms with van der Waals surface area (Å²) in [6.07, 6.45) is 9.09. The molecule has 0 atom stereocenters. The van der Waals surface area contributed by atoms with E-state index >= 15 is 0 Å². The molecule has 2 aromatic rings. The van der Waals surface area contributed by atoms with Crippen LogP contribution in [0.2, 0.25) is 0 Å². The molecule has 1 aliphatic heterocycles. The molecule has 94 valence electrons. The number of allylic oxidation sites excluding steroid dienone is 2. The van der Waals surface area contributed by atoms with Crippen molar-refractivity contribution in [1.29, 1.82) is 0 Å². The summed E-state index contributed by atoms with van der Waals surface area (Å²) in [5.41, 5.74) is 10.9. The van der Waals surface area contributed by atoms with Gasteiger partial charge in [-0.25, -0.2) is 0 Å². The fourth-order valence-electron chi connectivity index (χ4n) is 3.44. The van der Waals surface area contributed by atoms with Crippen molar-refractivity contribution < 1.29 is 0 Å². The Labute approximate surface area is 112 Å². The minimum absolute atomic E-state index is 0.974. The van der Waals surface area contributed by atoms with Crippen LogP contribution in [-0.4, -0.2) is 11.2 Å². The number of hydrogen-bond donors (Lipinski definition) is 1. The van der Waals surface area contributed by atoms with Gasteiger partial charge in [-0.15, -0.1) is 0 Å². The number of aromatic nitrogens is 1.